The van der Waals surface area contributed by atoms with E-state index in [4.69, 9.17) is 0 Å². The van der Waals surface area contributed by atoms with E-state index >= 15 is 0 Å². The number of nitrogens with one attached hydrogen (secondary N) is 1. The molecule has 28 heavy (non-hydrogen) atoms. The summed E-state index contributed by atoms with van der Waals surface area (Å²) in [5.41, 5.74) is 3.30. The van der Waals surface area contributed by atoms with Gasteiger partial charge in [0.1, 0.15) is 5.82 Å². The minimum atomic E-state index is -0.272. The van der Waals surface area contributed by atoms with Crippen molar-refractivity contribution < 1.29 is 14.0 Å². The fraction of sp³-hybridized carbons (Fsp3) is 0.167. The molecule has 0 aliphatic carbocycles. The van der Waals surface area contributed by atoms with E-state index in [9.17, 15) is 14.0 Å². The second-order valence-corrected chi connectivity index (χ2v) is 6.56. The van der Waals surface area contributed by atoms with Gasteiger partial charge in [-0.25, -0.2) is 4.39 Å². The Kier molecular flexibility index (Phi) is 6.68. The first-order chi connectivity index (χ1) is 13.6. The molecule has 0 saturated carbocycles. The number of halogens is 1. The van der Waals surface area contributed by atoms with E-state index in [0.717, 1.165) is 11.1 Å². The Morgan fingerprint density at radius 1 is 0.750 bits per heavy atom. The van der Waals surface area contributed by atoms with Crippen LogP contribution in [0.4, 0.5) is 4.39 Å². The van der Waals surface area contributed by atoms with Gasteiger partial charge < -0.3 is 5.32 Å². The van der Waals surface area contributed by atoms with E-state index in [1.807, 2.05) is 42.5 Å². The van der Waals surface area contributed by atoms with Crippen LogP contribution in [-0.4, -0.2) is 18.2 Å². The molecular formula is C24H22FNO2. The SMILES string of the molecule is O=C(CCC(=O)c1ccc(-c2ccccc2)cc1)NCCc1ccccc1F. The fourth-order valence-corrected chi connectivity index (χ4v) is 2.98. The summed E-state index contributed by atoms with van der Waals surface area (Å²) in [6.45, 7) is 0.347. The Morgan fingerprint density at radius 2 is 1.39 bits per heavy atom. The molecule has 0 radical (unpaired) electrons. The zero-order valence-corrected chi connectivity index (χ0v) is 15.5. The van der Waals surface area contributed by atoms with Crippen LogP contribution in [0.15, 0.2) is 78.9 Å². The number of hydrogen-bond acceptors (Lipinski definition) is 2. The summed E-state index contributed by atoms with van der Waals surface area (Å²) < 4.78 is 13.5. The second kappa shape index (κ2) is 9.60. The molecule has 0 aliphatic heterocycles. The number of amides is 1. The summed E-state index contributed by atoms with van der Waals surface area (Å²) in [6, 6.07) is 23.8. The highest BCUT2D eigenvalue weighted by Crippen LogP contribution is 2.20. The topological polar surface area (TPSA) is 46.2 Å². The van der Waals surface area contributed by atoms with E-state index in [0.29, 0.717) is 24.1 Å². The lowest BCUT2D eigenvalue weighted by atomic mass is 10.0. The molecule has 0 saturated heterocycles. The first kappa shape index (κ1) is 19.5. The first-order valence-corrected chi connectivity index (χ1v) is 9.32. The lowest BCUT2D eigenvalue weighted by Crippen LogP contribution is -2.26. The molecule has 0 unspecified atom stereocenters. The van der Waals surface area contributed by atoms with Crippen LogP contribution in [0, 0.1) is 5.82 Å². The lowest BCUT2D eigenvalue weighted by Gasteiger charge is -2.07. The fourth-order valence-electron chi connectivity index (χ4n) is 2.98. The van der Waals surface area contributed by atoms with Crippen LogP contribution < -0.4 is 5.32 Å². The Balaban J connectivity index is 1.44. The van der Waals surface area contributed by atoms with Crippen LogP contribution >= 0.6 is 0 Å². The molecule has 0 fully saturated rings. The smallest absolute Gasteiger partial charge is 0.220 e. The van der Waals surface area contributed by atoms with Crippen LogP contribution in [0.1, 0.15) is 28.8 Å². The van der Waals surface area contributed by atoms with E-state index in [-0.39, 0.29) is 30.3 Å². The maximum Gasteiger partial charge on any atom is 0.220 e. The summed E-state index contributed by atoms with van der Waals surface area (Å²) in [6.07, 6.45) is 0.695. The molecule has 142 valence electrons. The Labute approximate surface area is 164 Å². The minimum absolute atomic E-state index is 0.0659. The molecule has 0 heterocycles. The van der Waals surface area contributed by atoms with Crippen molar-refractivity contribution in [1.29, 1.82) is 0 Å². The Bertz CT molecular complexity index is 936. The monoisotopic (exact) mass is 375 g/mol. The molecule has 1 amide bonds. The number of Topliss-reactive ketones (excluding diaryl/α,β-unsaturated/α-hetero) is 1. The maximum absolute atomic E-state index is 13.5. The summed E-state index contributed by atoms with van der Waals surface area (Å²) >= 11 is 0. The second-order valence-electron chi connectivity index (χ2n) is 6.56. The third kappa shape index (κ3) is 5.36. The largest absolute Gasteiger partial charge is 0.356 e. The van der Waals surface area contributed by atoms with Crippen molar-refractivity contribution in [2.75, 3.05) is 6.54 Å². The predicted octanol–water partition coefficient (Wildman–Crippen LogP) is 4.81. The van der Waals surface area contributed by atoms with Crippen molar-refractivity contribution in [2.24, 2.45) is 0 Å². The number of carbonyl (C=O) groups excluding carboxylic acids is 2. The van der Waals surface area contributed by atoms with Crippen molar-refractivity contribution >= 4 is 11.7 Å². The zero-order chi connectivity index (χ0) is 19.8. The average Bonchev–Trinajstić information content (AvgIpc) is 2.74. The van der Waals surface area contributed by atoms with Gasteiger partial charge in [-0.05, 0) is 29.2 Å². The molecule has 3 aromatic rings. The molecule has 3 nitrogen and oxygen atoms in total. The lowest BCUT2D eigenvalue weighted by molar-refractivity contribution is -0.121. The van der Waals surface area contributed by atoms with E-state index < -0.39 is 0 Å². The molecule has 0 bridgehead atoms. The normalized spacial score (nSPS) is 10.5. The van der Waals surface area contributed by atoms with Crippen molar-refractivity contribution in [3.8, 4) is 11.1 Å². The molecular weight excluding hydrogens is 353 g/mol. The highest BCUT2D eigenvalue weighted by molar-refractivity contribution is 5.98. The first-order valence-electron chi connectivity index (χ1n) is 9.32. The number of carbonyl (C=O) groups is 2. The van der Waals surface area contributed by atoms with E-state index in [2.05, 4.69) is 5.32 Å². The third-order valence-electron chi connectivity index (χ3n) is 4.57. The highest BCUT2D eigenvalue weighted by Gasteiger charge is 2.10. The number of hydrogen-bond donors (Lipinski definition) is 1. The quantitative estimate of drug-likeness (QED) is 0.574. The molecule has 3 rings (SSSR count). The van der Waals surface area contributed by atoms with Gasteiger partial charge in [-0.15, -0.1) is 0 Å². The van der Waals surface area contributed by atoms with Gasteiger partial charge in [0.15, 0.2) is 5.78 Å². The van der Waals surface area contributed by atoms with Gasteiger partial charge in [-0.1, -0.05) is 72.8 Å². The molecule has 0 aromatic heterocycles. The average molecular weight is 375 g/mol. The minimum Gasteiger partial charge on any atom is -0.356 e. The van der Waals surface area contributed by atoms with Crippen LogP contribution in [0.5, 0.6) is 0 Å². The van der Waals surface area contributed by atoms with Crippen molar-refractivity contribution in [3.05, 3.63) is 95.8 Å². The van der Waals surface area contributed by atoms with Gasteiger partial charge in [-0.2, -0.15) is 0 Å². The van der Waals surface area contributed by atoms with Crippen LogP contribution in [0.25, 0.3) is 11.1 Å². The molecule has 1 N–H and O–H groups in total. The van der Waals surface area contributed by atoms with Crippen molar-refractivity contribution in [1.82, 2.24) is 5.32 Å². The zero-order valence-electron chi connectivity index (χ0n) is 15.5. The summed E-state index contributed by atoms with van der Waals surface area (Å²) in [5.74, 6) is -0.541. The number of rotatable bonds is 8. The molecule has 0 spiro atoms. The maximum atomic E-state index is 13.5. The molecule has 4 heteroatoms. The summed E-state index contributed by atoms with van der Waals surface area (Å²) in [7, 11) is 0. The summed E-state index contributed by atoms with van der Waals surface area (Å²) in [4.78, 5) is 24.2. The molecule has 0 atom stereocenters. The highest BCUT2D eigenvalue weighted by atomic mass is 19.1. The number of benzene rings is 3. The Hall–Kier alpha value is -3.27. The van der Waals surface area contributed by atoms with Crippen LogP contribution in [-0.2, 0) is 11.2 Å². The van der Waals surface area contributed by atoms with Gasteiger partial charge in [0, 0.05) is 24.9 Å². The van der Waals surface area contributed by atoms with Gasteiger partial charge >= 0.3 is 0 Å². The number of ketones is 1. The van der Waals surface area contributed by atoms with Gasteiger partial charge in [-0.3, -0.25) is 9.59 Å². The standard InChI is InChI=1S/C24H22FNO2/c25-22-9-5-4-8-20(22)16-17-26-24(28)15-14-23(27)21-12-10-19(11-13-21)18-6-2-1-3-7-18/h1-13H,14-17H2,(H,26,28). The molecule has 0 aliphatic rings. The summed E-state index contributed by atoms with van der Waals surface area (Å²) in [5, 5.41) is 2.74. The molecule has 3 aromatic carbocycles. The van der Waals surface area contributed by atoms with Gasteiger partial charge in [0.05, 0.1) is 0 Å². The Morgan fingerprint density at radius 3 is 2.11 bits per heavy atom. The van der Waals surface area contributed by atoms with Crippen molar-refractivity contribution in [3.63, 3.8) is 0 Å². The third-order valence-corrected chi connectivity index (χ3v) is 4.57. The van der Waals surface area contributed by atoms with Gasteiger partial charge in [0.2, 0.25) is 5.91 Å². The van der Waals surface area contributed by atoms with Gasteiger partial charge in [0.25, 0.3) is 0 Å². The van der Waals surface area contributed by atoms with E-state index in [1.54, 1.807) is 30.3 Å². The van der Waals surface area contributed by atoms with Crippen LogP contribution in [0.2, 0.25) is 0 Å². The van der Waals surface area contributed by atoms with Crippen LogP contribution in [0.3, 0.4) is 0 Å². The van der Waals surface area contributed by atoms with Crippen molar-refractivity contribution in [2.45, 2.75) is 19.3 Å². The predicted molar refractivity (Wildman–Crippen MR) is 109 cm³/mol. The van der Waals surface area contributed by atoms with E-state index in [1.165, 1.54) is 6.07 Å².